The third-order valence-electron chi connectivity index (χ3n) is 7.13. The fourth-order valence-corrected chi connectivity index (χ4v) is 5.32. The van der Waals surface area contributed by atoms with E-state index >= 15 is 0 Å². The van der Waals surface area contributed by atoms with Gasteiger partial charge < -0.3 is 20.2 Å². The molecule has 39 heavy (non-hydrogen) atoms. The van der Waals surface area contributed by atoms with Gasteiger partial charge in [-0.25, -0.2) is 0 Å². The molecular weight excluding hydrogens is 554 g/mol. The van der Waals surface area contributed by atoms with Crippen molar-refractivity contribution >= 4 is 40.7 Å². The van der Waals surface area contributed by atoms with Crippen molar-refractivity contribution in [2.75, 3.05) is 32.5 Å². The first-order valence-electron chi connectivity index (χ1n) is 12.9. The molecule has 3 rings (SSSR count). The summed E-state index contributed by atoms with van der Waals surface area (Å²) in [6, 6.07) is 10.1. The molecule has 1 unspecified atom stereocenters. The van der Waals surface area contributed by atoms with Crippen LogP contribution in [-0.4, -0.2) is 66.1 Å². The summed E-state index contributed by atoms with van der Waals surface area (Å²) in [5.74, 6) is -1.26. The van der Waals surface area contributed by atoms with E-state index in [9.17, 15) is 27.9 Å². The smallest absolute Gasteiger partial charge is 0.383 e. The number of hydrogen-bond donors (Lipinski definition) is 2. The monoisotopic (exact) mass is 587 g/mol. The Morgan fingerprint density at radius 1 is 1.13 bits per heavy atom. The van der Waals surface area contributed by atoms with Gasteiger partial charge in [-0.3, -0.25) is 9.59 Å². The summed E-state index contributed by atoms with van der Waals surface area (Å²) in [7, 11) is 3.33. The Morgan fingerprint density at radius 3 is 2.36 bits per heavy atom. The van der Waals surface area contributed by atoms with Crippen LogP contribution in [0.25, 0.3) is 0 Å². The molecule has 214 valence electrons. The maximum atomic E-state index is 13.9. The van der Waals surface area contributed by atoms with Gasteiger partial charge in [0.25, 0.3) is 17.4 Å². The maximum Gasteiger partial charge on any atom is 0.430 e. The molecule has 2 aromatic carbocycles. The Balaban J connectivity index is 1.49. The predicted molar refractivity (Wildman–Crippen MR) is 147 cm³/mol. The summed E-state index contributed by atoms with van der Waals surface area (Å²) in [6.07, 6.45) is -1.43. The molecule has 0 bridgehead atoms. The lowest BCUT2D eigenvalue weighted by atomic mass is 9.87. The van der Waals surface area contributed by atoms with E-state index in [0.29, 0.717) is 23.4 Å². The zero-order valence-corrected chi connectivity index (χ0v) is 23.7. The highest BCUT2D eigenvalue weighted by Crippen LogP contribution is 2.42. The van der Waals surface area contributed by atoms with Crippen LogP contribution in [0.3, 0.4) is 0 Å². The first-order chi connectivity index (χ1) is 18.2. The molecular formula is C28H34Cl2F3N3O3. The van der Waals surface area contributed by atoms with Crippen molar-refractivity contribution in [3.63, 3.8) is 0 Å². The van der Waals surface area contributed by atoms with Gasteiger partial charge in [0.05, 0.1) is 10.6 Å². The van der Waals surface area contributed by atoms with E-state index in [1.807, 2.05) is 13.0 Å². The van der Waals surface area contributed by atoms with Gasteiger partial charge in [-0.05, 0) is 62.4 Å². The van der Waals surface area contributed by atoms with Gasteiger partial charge in [-0.2, -0.15) is 13.2 Å². The Kier molecular flexibility index (Phi) is 10.2. The molecule has 1 saturated heterocycles. The Labute approximate surface area is 237 Å². The molecule has 2 aromatic rings. The van der Waals surface area contributed by atoms with E-state index in [1.165, 1.54) is 17.0 Å². The molecule has 1 aliphatic heterocycles. The summed E-state index contributed by atoms with van der Waals surface area (Å²) >= 11 is 12.1. The number of carbonyl (C=O) groups is 2. The number of benzene rings is 2. The van der Waals surface area contributed by atoms with Crippen LogP contribution >= 0.6 is 23.2 Å². The summed E-state index contributed by atoms with van der Waals surface area (Å²) in [6.45, 7) is 2.33. The van der Waals surface area contributed by atoms with Gasteiger partial charge in [-0.15, -0.1) is 0 Å². The number of aliphatic hydroxyl groups is 1. The highest BCUT2D eigenvalue weighted by Gasteiger charge is 2.62. The van der Waals surface area contributed by atoms with Crippen LogP contribution < -0.4 is 5.32 Å². The van der Waals surface area contributed by atoms with Gasteiger partial charge in [0, 0.05) is 49.5 Å². The van der Waals surface area contributed by atoms with E-state index in [4.69, 9.17) is 23.2 Å². The number of likely N-dealkylation sites (tertiary alicyclic amines) is 1. The standard InChI is InChI=1S/C28H34Cl2F3N3O3/c1-18(34-22-10-11-23(24(30)17-22)25(37)35(2)3)6-4-7-19-12-14-36(15-13-19)26(38)27(39,28(31,32)33)20-8-5-9-21(29)16-20/h5,8-11,16-19,34,39H,4,6-7,12-15H2,1-3H3/t18?,27-/m1/s1. The van der Waals surface area contributed by atoms with Crippen LogP contribution in [0.5, 0.6) is 0 Å². The number of nitrogens with zero attached hydrogens (tertiary/aromatic N) is 2. The molecule has 0 radical (unpaired) electrons. The lowest BCUT2D eigenvalue weighted by Crippen LogP contribution is -2.57. The molecule has 0 saturated carbocycles. The number of carbonyl (C=O) groups excluding carboxylic acids is 2. The molecule has 2 N–H and O–H groups in total. The maximum absolute atomic E-state index is 13.9. The van der Waals surface area contributed by atoms with Gasteiger partial charge in [0.15, 0.2) is 0 Å². The zero-order valence-electron chi connectivity index (χ0n) is 22.2. The molecule has 1 heterocycles. The lowest BCUT2D eigenvalue weighted by molar-refractivity contribution is -0.262. The zero-order chi connectivity index (χ0) is 29.0. The highest BCUT2D eigenvalue weighted by molar-refractivity contribution is 6.34. The molecule has 1 aliphatic rings. The number of amides is 2. The normalized spacial score (nSPS) is 16.9. The summed E-state index contributed by atoms with van der Waals surface area (Å²) in [4.78, 5) is 27.7. The lowest BCUT2D eigenvalue weighted by Gasteiger charge is -2.38. The number of halogens is 5. The van der Waals surface area contributed by atoms with E-state index in [-0.39, 0.29) is 36.0 Å². The van der Waals surface area contributed by atoms with Crippen LogP contribution in [0.15, 0.2) is 42.5 Å². The van der Waals surface area contributed by atoms with Crippen LogP contribution in [0.4, 0.5) is 18.9 Å². The first-order valence-corrected chi connectivity index (χ1v) is 13.6. The van der Waals surface area contributed by atoms with Crippen molar-refractivity contribution in [3.8, 4) is 0 Å². The van der Waals surface area contributed by atoms with E-state index in [2.05, 4.69) is 5.32 Å². The van der Waals surface area contributed by atoms with E-state index in [0.717, 1.165) is 42.0 Å². The van der Waals surface area contributed by atoms with Crippen molar-refractivity contribution in [3.05, 3.63) is 63.6 Å². The molecule has 0 aromatic heterocycles. The van der Waals surface area contributed by atoms with Gasteiger partial charge in [-0.1, -0.05) is 48.2 Å². The molecule has 2 atom stereocenters. The number of nitrogens with one attached hydrogen (secondary N) is 1. The van der Waals surface area contributed by atoms with Crippen molar-refractivity contribution in [1.29, 1.82) is 0 Å². The second kappa shape index (κ2) is 12.8. The third kappa shape index (κ3) is 7.38. The minimum absolute atomic E-state index is 0.00458. The van der Waals surface area contributed by atoms with Gasteiger partial charge >= 0.3 is 6.18 Å². The second-order valence-corrected chi connectivity index (χ2v) is 11.2. The molecule has 2 amide bonds. The van der Waals surface area contributed by atoms with Gasteiger partial charge in [0.1, 0.15) is 0 Å². The Hall–Kier alpha value is -2.49. The molecule has 11 heteroatoms. The highest BCUT2D eigenvalue weighted by atomic mass is 35.5. The summed E-state index contributed by atoms with van der Waals surface area (Å²) < 4.78 is 41.8. The SMILES string of the molecule is CC(CCCC1CCN(C(=O)[C@](O)(c2cccc(Cl)c2)C(F)(F)F)CC1)Nc1ccc(C(=O)N(C)C)c(Cl)c1. The summed E-state index contributed by atoms with van der Waals surface area (Å²) in [5, 5.41) is 14.4. The van der Waals surface area contributed by atoms with Crippen molar-refractivity contribution < 1.29 is 27.9 Å². The van der Waals surface area contributed by atoms with E-state index in [1.54, 1.807) is 26.2 Å². The van der Waals surface area contributed by atoms with Crippen molar-refractivity contribution in [1.82, 2.24) is 9.80 Å². The predicted octanol–water partition coefficient (Wildman–Crippen LogP) is 6.35. The number of hydrogen-bond acceptors (Lipinski definition) is 4. The Bertz CT molecular complexity index is 1170. The van der Waals surface area contributed by atoms with Crippen LogP contribution in [0.1, 0.15) is 54.9 Å². The topological polar surface area (TPSA) is 72.9 Å². The quantitative estimate of drug-likeness (QED) is 0.358. The second-order valence-electron chi connectivity index (χ2n) is 10.3. The Morgan fingerprint density at radius 2 is 1.79 bits per heavy atom. The van der Waals surface area contributed by atoms with E-state index < -0.39 is 23.2 Å². The number of anilines is 1. The number of alkyl halides is 3. The van der Waals surface area contributed by atoms with Gasteiger partial charge in [0.2, 0.25) is 0 Å². The molecule has 0 aliphatic carbocycles. The van der Waals surface area contributed by atoms with Crippen molar-refractivity contribution in [2.24, 2.45) is 5.92 Å². The van der Waals surface area contributed by atoms with Crippen LogP contribution in [0, 0.1) is 5.92 Å². The fourth-order valence-electron chi connectivity index (χ4n) is 4.86. The minimum Gasteiger partial charge on any atom is -0.383 e. The summed E-state index contributed by atoms with van der Waals surface area (Å²) in [5.41, 5.74) is -2.99. The average Bonchev–Trinajstić information content (AvgIpc) is 2.87. The largest absolute Gasteiger partial charge is 0.430 e. The third-order valence-corrected chi connectivity index (χ3v) is 7.68. The van der Waals surface area contributed by atoms with Crippen LogP contribution in [0.2, 0.25) is 10.0 Å². The molecule has 0 spiro atoms. The average molecular weight is 588 g/mol. The first kappa shape index (κ1) is 31.0. The number of rotatable bonds is 9. The van der Waals surface area contributed by atoms with Crippen LogP contribution in [-0.2, 0) is 10.4 Å². The number of piperidine rings is 1. The fraction of sp³-hybridized carbons (Fsp3) is 0.500. The van der Waals surface area contributed by atoms with Crippen molar-refractivity contribution in [2.45, 2.75) is 56.8 Å². The molecule has 6 nitrogen and oxygen atoms in total. The minimum atomic E-state index is -5.19. The molecule has 1 fully saturated rings.